The van der Waals surface area contributed by atoms with Crippen LogP contribution >= 0.6 is 0 Å². The zero-order chi connectivity index (χ0) is 40.4. The highest BCUT2D eigenvalue weighted by Gasteiger charge is 2.60. The maximum absolute atomic E-state index is 14.6. The minimum atomic E-state index is -4.83. The number of hydrogen-bond acceptors (Lipinski definition) is 5. The number of fused-ring (bicyclic) bond motifs is 2. The van der Waals surface area contributed by atoms with E-state index >= 15 is 0 Å². The van der Waals surface area contributed by atoms with E-state index in [1.54, 1.807) is 36.4 Å². The van der Waals surface area contributed by atoms with Crippen LogP contribution in [0.25, 0.3) is 21.9 Å². The minimum absolute atomic E-state index is 0.0317. The smallest absolute Gasteiger partial charge is 0.417 e. The summed E-state index contributed by atoms with van der Waals surface area (Å²) in [5, 5.41) is 10.2. The Morgan fingerprint density at radius 2 is 1.41 bits per heavy atom. The molecular formula is C35H35F12N3O4. The first-order valence-electron chi connectivity index (χ1n) is 16.3. The maximum Gasteiger partial charge on any atom is 0.417 e. The van der Waals surface area contributed by atoms with Gasteiger partial charge in [0, 0.05) is 25.1 Å². The molecule has 3 N–H and O–H groups in total. The molecule has 0 aromatic heterocycles. The molecule has 1 saturated heterocycles. The molecule has 0 bridgehead atoms. The van der Waals surface area contributed by atoms with Gasteiger partial charge in [-0.05, 0) is 77.9 Å². The van der Waals surface area contributed by atoms with Crippen molar-refractivity contribution >= 4 is 22.6 Å². The van der Waals surface area contributed by atoms with Gasteiger partial charge in [-0.3, -0.25) is 19.4 Å². The number of primary amides is 1. The number of hydrogen-bond donors (Lipinski definition) is 2. The summed E-state index contributed by atoms with van der Waals surface area (Å²) in [7, 11) is 1.23. The monoisotopic (exact) mass is 789 g/mol. The number of amides is 1. The van der Waals surface area contributed by atoms with Crippen LogP contribution < -0.4 is 10.5 Å². The zero-order valence-corrected chi connectivity index (χ0v) is 28.5. The molecule has 0 spiro atoms. The summed E-state index contributed by atoms with van der Waals surface area (Å²) in [6, 6.07) is 11.3. The fraction of sp³-hybridized carbons (Fsp3) is 0.486. The van der Waals surface area contributed by atoms with Crippen molar-refractivity contribution < 1.29 is 72.1 Å². The van der Waals surface area contributed by atoms with Crippen molar-refractivity contribution in [3.05, 3.63) is 64.7 Å². The zero-order valence-electron chi connectivity index (χ0n) is 28.5. The van der Waals surface area contributed by atoms with E-state index < -0.39 is 86.6 Å². The number of carboxylic acids is 1. The number of carbonyl (C=O) groups excluding carboxylic acids is 1. The lowest BCUT2D eigenvalue weighted by Gasteiger charge is -2.40. The van der Waals surface area contributed by atoms with E-state index in [1.165, 1.54) is 13.2 Å². The lowest BCUT2D eigenvalue weighted by molar-refractivity contribution is -0.234. The van der Waals surface area contributed by atoms with E-state index in [-0.39, 0.29) is 60.4 Å². The maximum atomic E-state index is 14.6. The van der Waals surface area contributed by atoms with Gasteiger partial charge in [0.05, 0.1) is 25.8 Å². The van der Waals surface area contributed by atoms with Crippen LogP contribution in [0, 0.1) is 5.41 Å². The van der Waals surface area contributed by atoms with Gasteiger partial charge in [-0.25, -0.2) is 0 Å². The third-order valence-corrected chi connectivity index (χ3v) is 9.49. The van der Waals surface area contributed by atoms with Gasteiger partial charge in [-0.15, -0.1) is 0 Å². The number of benzene rings is 3. The van der Waals surface area contributed by atoms with Crippen LogP contribution in [0.2, 0.25) is 0 Å². The average molecular weight is 790 g/mol. The van der Waals surface area contributed by atoms with Gasteiger partial charge in [0.25, 0.3) is 0 Å². The summed E-state index contributed by atoms with van der Waals surface area (Å²) in [6.45, 7) is -3.83. The summed E-state index contributed by atoms with van der Waals surface area (Å²) in [5.74, 6) is -2.60. The van der Waals surface area contributed by atoms with E-state index in [9.17, 15) is 62.3 Å². The fourth-order valence-electron chi connectivity index (χ4n) is 6.97. The molecule has 298 valence electrons. The highest BCUT2D eigenvalue weighted by molar-refractivity contribution is 6.01. The molecule has 2 heterocycles. The summed E-state index contributed by atoms with van der Waals surface area (Å²) in [4.78, 5) is 24.0. The van der Waals surface area contributed by atoms with Crippen molar-refractivity contribution in [1.82, 2.24) is 9.80 Å². The Bertz CT molecular complexity index is 1830. The van der Waals surface area contributed by atoms with E-state index in [4.69, 9.17) is 15.6 Å². The summed E-state index contributed by atoms with van der Waals surface area (Å²) < 4.78 is 162. The number of carboxylic acid groups (broad SMARTS) is 1. The fourth-order valence-corrected chi connectivity index (χ4v) is 6.97. The average Bonchev–Trinajstić information content (AvgIpc) is 3.04. The first-order valence-corrected chi connectivity index (χ1v) is 16.3. The van der Waals surface area contributed by atoms with Gasteiger partial charge in [-0.2, -0.15) is 52.7 Å². The van der Waals surface area contributed by atoms with Crippen molar-refractivity contribution in [1.29, 1.82) is 0 Å². The molecule has 19 heteroatoms. The summed E-state index contributed by atoms with van der Waals surface area (Å²) in [5.41, 5.74) is 2.05. The predicted molar refractivity (Wildman–Crippen MR) is 171 cm³/mol. The molecule has 2 aliphatic heterocycles. The number of rotatable bonds is 8. The third-order valence-electron chi connectivity index (χ3n) is 9.49. The van der Waals surface area contributed by atoms with Crippen molar-refractivity contribution in [3.8, 4) is 16.9 Å². The number of nitrogens with zero attached hydrogens (tertiary/aromatic N) is 2. The number of piperidine rings is 1. The lowest BCUT2D eigenvalue weighted by atomic mass is 9.77. The quantitative estimate of drug-likeness (QED) is 0.224. The Morgan fingerprint density at radius 3 is 1.93 bits per heavy atom. The van der Waals surface area contributed by atoms with E-state index in [2.05, 4.69) is 0 Å². The molecule has 7 nitrogen and oxygen atoms in total. The van der Waals surface area contributed by atoms with Gasteiger partial charge in [0.15, 0.2) is 0 Å². The number of halogens is 12. The van der Waals surface area contributed by atoms with Gasteiger partial charge >= 0.3 is 30.7 Å². The predicted octanol–water partition coefficient (Wildman–Crippen LogP) is 8.15. The van der Waals surface area contributed by atoms with Crippen LogP contribution in [0.15, 0.2) is 42.5 Å². The Hall–Kier alpha value is -4.26. The van der Waals surface area contributed by atoms with Crippen molar-refractivity contribution in [2.75, 3.05) is 39.8 Å². The molecule has 3 aromatic carbocycles. The molecule has 0 atom stereocenters. The molecule has 0 unspecified atom stereocenters. The van der Waals surface area contributed by atoms with Crippen molar-refractivity contribution in [2.45, 2.75) is 63.4 Å². The van der Waals surface area contributed by atoms with E-state index in [0.717, 1.165) is 9.80 Å². The van der Waals surface area contributed by atoms with Gasteiger partial charge in [-0.1, -0.05) is 36.4 Å². The molecule has 54 heavy (non-hydrogen) atoms. The summed E-state index contributed by atoms with van der Waals surface area (Å²) in [6.07, 6.45) is -20.1. The second-order valence-corrected chi connectivity index (χ2v) is 13.1. The normalized spacial score (nSPS) is 17.1. The van der Waals surface area contributed by atoms with Crippen molar-refractivity contribution in [3.63, 3.8) is 0 Å². The SMILES string of the molecule is COc1cc2c(c(C(F)(F)F)c1-c1cccc3c(CCC(=O)O)cccc13)CCN(CC(F)(F)F)C2.NC(=O)C1(C(F)(F)F)CCN(CC(F)(F)F)CC1. The number of alkyl halides is 12. The van der Waals surface area contributed by atoms with Crippen molar-refractivity contribution in [2.24, 2.45) is 11.1 Å². The third kappa shape index (κ3) is 9.88. The highest BCUT2D eigenvalue weighted by atomic mass is 19.4. The summed E-state index contributed by atoms with van der Waals surface area (Å²) >= 11 is 0. The molecular weight excluding hydrogens is 754 g/mol. The Morgan fingerprint density at radius 1 is 0.833 bits per heavy atom. The lowest BCUT2D eigenvalue weighted by Crippen LogP contribution is -2.56. The minimum Gasteiger partial charge on any atom is -0.496 e. The Balaban J connectivity index is 0.000000304. The number of carbonyl (C=O) groups is 2. The number of methoxy groups -OCH3 is 1. The van der Waals surface area contributed by atoms with Crippen LogP contribution in [0.4, 0.5) is 52.7 Å². The van der Waals surface area contributed by atoms with Gasteiger partial charge in [0.1, 0.15) is 11.2 Å². The number of aliphatic carboxylic acids is 1. The molecule has 5 rings (SSSR count). The van der Waals surface area contributed by atoms with E-state index in [1.807, 2.05) is 0 Å². The topological polar surface area (TPSA) is 96.1 Å². The molecule has 0 radical (unpaired) electrons. The number of aryl methyl sites for hydroxylation is 1. The standard InChI is InChI=1S/C26H23F6NO3.C9H12F6N2O/c1-36-21-12-16-13-33(14-25(27,28)29)11-10-18(16)24(26(30,31)32)23(21)20-7-3-5-17-15(8-9-22(34)35)4-2-6-19(17)20;10-8(11,12)5-17-3-1-7(2-4-17,6(16)18)9(13,14)15/h2-7,12H,8-11,13-14H2,1H3,(H,34,35);1-5H2,(H2,16,18). The molecule has 0 aliphatic carbocycles. The van der Waals surface area contributed by atoms with Crippen LogP contribution in [0.3, 0.4) is 0 Å². The molecule has 2 aliphatic rings. The van der Waals surface area contributed by atoms with Crippen LogP contribution in [0.1, 0.15) is 41.5 Å². The first-order chi connectivity index (χ1) is 24.9. The van der Waals surface area contributed by atoms with Crippen LogP contribution in [0.5, 0.6) is 5.75 Å². The number of nitrogens with two attached hydrogens (primary N) is 1. The number of ether oxygens (including phenoxy) is 1. The largest absolute Gasteiger partial charge is 0.496 e. The van der Waals surface area contributed by atoms with Crippen LogP contribution in [-0.2, 0) is 35.2 Å². The molecule has 0 saturated carbocycles. The Kier molecular flexibility index (Phi) is 12.5. The first kappa shape index (κ1) is 42.5. The highest BCUT2D eigenvalue weighted by Crippen LogP contribution is 2.49. The van der Waals surface area contributed by atoms with Gasteiger partial charge < -0.3 is 15.6 Å². The van der Waals surface area contributed by atoms with E-state index in [0.29, 0.717) is 16.3 Å². The molecule has 1 amide bonds. The molecule has 1 fully saturated rings. The second kappa shape index (κ2) is 15.8. The van der Waals surface area contributed by atoms with Gasteiger partial charge in [0.2, 0.25) is 5.91 Å². The van der Waals surface area contributed by atoms with Crippen LogP contribution in [-0.4, -0.2) is 85.1 Å². The number of likely N-dealkylation sites (tertiary alicyclic amines) is 1. The Labute approximate surface area is 300 Å². The molecule has 3 aromatic rings. The second-order valence-electron chi connectivity index (χ2n) is 13.1.